The van der Waals surface area contributed by atoms with Crippen LogP contribution in [0, 0.1) is 5.41 Å². The van der Waals surface area contributed by atoms with E-state index in [9.17, 15) is 4.79 Å². The summed E-state index contributed by atoms with van der Waals surface area (Å²) in [7, 11) is 6.81. The molecule has 29 heavy (non-hydrogen) atoms. The standard InChI is InChI=1S/C21H35N5O3/c1-21(2,19(27)22-3)15-24-20(23-4)26-11-9-25(10-12-26)14-16-13-17(28-5)7-8-18(16)29-6/h7-8,13H,9-12,14-15H2,1-6H3,(H,22,27)(H,23,24). The average molecular weight is 406 g/mol. The van der Waals surface area contributed by atoms with E-state index in [1.54, 1.807) is 28.3 Å². The molecule has 1 heterocycles. The van der Waals surface area contributed by atoms with E-state index in [-0.39, 0.29) is 5.91 Å². The molecule has 1 aliphatic rings. The average Bonchev–Trinajstić information content (AvgIpc) is 2.74. The van der Waals surface area contributed by atoms with Gasteiger partial charge < -0.3 is 25.0 Å². The minimum Gasteiger partial charge on any atom is -0.497 e. The molecule has 1 aliphatic heterocycles. The molecule has 1 fully saturated rings. The first kappa shape index (κ1) is 22.8. The third-order valence-corrected chi connectivity index (χ3v) is 5.30. The van der Waals surface area contributed by atoms with Crippen molar-refractivity contribution in [3.05, 3.63) is 23.8 Å². The summed E-state index contributed by atoms with van der Waals surface area (Å²) in [6.07, 6.45) is 0. The number of aliphatic imine (C=N–C) groups is 1. The number of hydrogen-bond acceptors (Lipinski definition) is 5. The smallest absolute Gasteiger partial charge is 0.227 e. The molecule has 0 saturated carbocycles. The maximum Gasteiger partial charge on any atom is 0.227 e. The van der Waals surface area contributed by atoms with Crippen LogP contribution in [-0.2, 0) is 11.3 Å². The highest BCUT2D eigenvalue weighted by Gasteiger charge is 2.28. The first-order valence-electron chi connectivity index (χ1n) is 9.95. The summed E-state index contributed by atoms with van der Waals surface area (Å²) in [5, 5.41) is 6.07. The molecule has 0 spiro atoms. The highest BCUT2D eigenvalue weighted by Crippen LogP contribution is 2.25. The van der Waals surface area contributed by atoms with E-state index in [1.807, 2.05) is 32.0 Å². The molecule has 0 radical (unpaired) electrons. The Labute approximate surface area is 174 Å². The summed E-state index contributed by atoms with van der Waals surface area (Å²) in [5.41, 5.74) is 0.616. The molecular formula is C21H35N5O3. The van der Waals surface area contributed by atoms with Crippen LogP contribution in [0.5, 0.6) is 11.5 Å². The Bertz CT molecular complexity index is 712. The van der Waals surface area contributed by atoms with Crippen molar-refractivity contribution in [3.8, 4) is 11.5 Å². The molecule has 0 bridgehead atoms. The van der Waals surface area contributed by atoms with Crippen molar-refractivity contribution in [1.82, 2.24) is 20.4 Å². The number of guanidine groups is 1. The van der Waals surface area contributed by atoms with Gasteiger partial charge in [0.2, 0.25) is 5.91 Å². The van der Waals surface area contributed by atoms with Crippen molar-refractivity contribution in [2.75, 3.05) is 61.0 Å². The van der Waals surface area contributed by atoms with Crippen molar-refractivity contribution >= 4 is 11.9 Å². The van der Waals surface area contributed by atoms with E-state index in [1.165, 1.54) is 0 Å². The van der Waals surface area contributed by atoms with Crippen LogP contribution < -0.4 is 20.1 Å². The number of piperazine rings is 1. The fraction of sp³-hybridized carbons (Fsp3) is 0.619. The van der Waals surface area contributed by atoms with Gasteiger partial charge in [0.15, 0.2) is 5.96 Å². The third-order valence-electron chi connectivity index (χ3n) is 5.30. The van der Waals surface area contributed by atoms with Crippen molar-refractivity contribution in [2.45, 2.75) is 20.4 Å². The van der Waals surface area contributed by atoms with E-state index in [0.717, 1.165) is 55.7 Å². The SMILES string of the molecule is CN=C(NCC(C)(C)C(=O)NC)N1CCN(Cc2cc(OC)ccc2OC)CC1. The van der Waals surface area contributed by atoms with Gasteiger partial charge >= 0.3 is 0 Å². The van der Waals surface area contributed by atoms with Gasteiger partial charge in [-0.25, -0.2) is 0 Å². The summed E-state index contributed by atoms with van der Waals surface area (Å²) in [6.45, 7) is 8.75. The quantitative estimate of drug-likeness (QED) is 0.524. The number of nitrogens with zero attached hydrogens (tertiary/aromatic N) is 3. The van der Waals surface area contributed by atoms with Gasteiger partial charge in [0.05, 0.1) is 19.6 Å². The highest BCUT2D eigenvalue weighted by atomic mass is 16.5. The topological polar surface area (TPSA) is 78.4 Å². The van der Waals surface area contributed by atoms with Gasteiger partial charge in [0.1, 0.15) is 11.5 Å². The molecule has 0 atom stereocenters. The molecule has 162 valence electrons. The van der Waals surface area contributed by atoms with Crippen molar-refractivity contribution < 1.29 is 14.3 Å². The van der Waals surface area contributed by atoms with Crippen LogP contribution >= 0.6 is 0 Å². The molecule has 2 rings (SSSR count). The van der Waals surface area contributed by atoms with Crippen LogP contribution in [0.25, 0.3) is 0 Å². The maximum atomic E-state index is 12.0. The Morgan fingerprint density at radius 3 is 2.41 bits per heavy atom. The molecule has 0 unspecified atom stereocenters. The van der Waals surface area contributed by atoms with E-state index >= 15 is 0 Å². The van der Waals surface area contributed by atoms with Gasteiger partial charge in [-0.05, 0) is 32.0 Å². The molecule has 1 aromatic carbocycles. The molecule has 2 N–H and O–H groups in total. The van der Waals surface area contributed by atoms with Crippen LogP contribution in [0.2, 0.25) is 0 Å². The maximum absolute atomic E-state index is 12.0. The lowest BCUT2D eigenvalue weighted by molar-refractivity contribution is -0.128. The minimum atomic E-state index is -0.505. The number of carbonyl (C=O) groups excluding carboxylic acids is 1. The number of benzene rings is 1. The predicted octanol–water partition coefficient (Wildman–Crippen LogP) is 1.17. The zero-order valence-electron chi connectivity index (χ0n) is 18.5. The van der Waals surface area contributed by atoms with Crippen LogP contribution in [0.15, 0.2) is 23.2 Å². The number of ether oxygens (including phenoxy) is 2. The lowest BCUT2D eigenvalue weighted by Crippen LogP contribution is -2.54. The van der Waals surface area contributed by atoms with Gasteiger partial charge in [0, 0.05) is 58.9 Å². The molecular weight excluding hydrogens is 370 g/mol. The van der Waals surface area contributed by atoms with Crippen molar-refractivity contribution in [2.24, 2.45) is 10.4 Å². The Balaban J connectivity index is 1.92. The Morgan fingerprint density at radius 2 is 1.86 bits per heavy atom. The molecule has 8 heteroatoms. The second kappa shape index (κ2) is 10.3. The van der Waals surface area contributed by atoms with Crippen LogP contribution in [-0.4, -0.2) is 82.7 Å². The lowest BCUT2D eigenvalue weighted by Gasteiger charge is -2.37. The molecule has 0 aliphatic carbocycles. The fourth-order valence-electron chi connectivity index (χ4n) is 3.42. The summed E-state index contributed by atoms with van der Waals surface area (Å²) in [6, 6.07) is 5.90. The third kappa shape index (κ3) is 6.00. The minimum absolute atomic E-state index is 0.0116. The largest absolute Gasteiger partial charge is 0.497 e. The monoisotopic (exact) mass is 405 g/mol. The van der Waals surface area contributed by atoms with Gasteiger partial charge in [-0.2, -0.15) is 0 Å². The van der Waals surface area contributed by atoms with Gasteiger partial charge in [0.25, 0.3) is 0 Å². The number of amides is 1. The second-order valence-corrected chi connectivity index (χ2v) is 7.80. The van der Waals surface area contributed by atoms with Crippen molar-refractivity contribution in [3.63, 3.8) is 0 Å². The number of carbonyl (C=O) groups is 1. The summed E-state index contributed by atoms with van der Waals surface area (Å²) in [4.78, 5) is 21.0. The van der Waals surface area contributed by atoms with Gasteiger partial charge in [-0.3, -0.25) is 14.7 Å². The van der Waals surface area contributed by atoms with E-state index in [4.69, 9.17) is 9.47 Å². The normalized spacial score (nSPS) is 15.8. The molecule has 8 nitrogen and oxygen atoms in total. The van der Waals surface area contributed by atoms with E-state index in [2.05, 4.69) is 25.4 Å². The Kier molecular flexibility index (Phi) is 8.13. The molecule has 0 aromatic heterocycles. The van der Waals surface area contributed by atoms with Crippen LogP contribution in [0.3, 0.4) is 0 Å². The summed E-state index contributed by atoms with van der Waals surface area (Å²) in [5.74, 6) is 2.56. The second-order valence-electron chi connectivity index (χ2n) is 7.80. The zero-order chi connectivity index (χ0) is 21.4. The number of methoxy groups -OCH3 is 2. The fourth-order valence-corrected chi connectivity index (χ4v) is 3.42. The number of hydrogen-bond donors (Lipinski definition) is 2. The summed E-state index contributed by atoms with van der Waals surface area (Å²) < 4.78 is 10.9. The van der Waals surface area contributed by atoms with Gasteiger partial charge in [-0.15, -0.1) is 0 Å². The zero-order valence-corrected chi connectivity index (χ0v) is 18.5. The van der Waals surface area contributed by atoms with E-state index < -0.39 is 5.41 Å². The molecule has 1 saturated heterocycles. The van der Waals surface area contributed by atoms with Crippen molar-refractivity contribution in [1.29, 1.82) is 0 Å². The number of nitrogens with one attached hydrogen (secondary N) is 2. The summed E-state index contributed by atoms with van der Waals surface area (Å²) >= 11 is 0. The molecule has 1 amide bonds. The Morgan fingerprint density at radius 1 is 1.17 bits per heavy atom. The first-order valence-corrected chi connectivity index (χ1v) is 9.95. The highest BCUT2D eigenvalue weighted by molar-refractivity contribution is 5.84. The van der Waals surface area contributed by atoms with Crippen LogP contribution in [0.1, 0.15) is 19.4 Å². The Hall–Kier alpha value is -2.48. The predicted molar refractivity (Wildman–Crippen MR) is 116 cm³/mol. The lowest BCUT2D eigenvalue weighted by atomic mass is 9.92. The van der Waals surface area contributed by atoms with Gasteiger partial charge in [-0.1, -0.05) is 0 Å². The first-order chi connectivity index (χ1) is 13.8. The number of rotatable bonds is 7. The van der Waals surface area contributed by atoms with Crippen LogP contribution in [0.4, 0.5) is 0 Å². The molecule has 1 aromatic rings. The van der Waals surface area contributed by atoms with E-state index in [0.29, 0.717) is 6.54 Å².